The Kier molecular flexibility index (Phi) is 4.93. The van der Waals surface area contributed by atoms with E-state index in [1.807, 2.05) is 71.4 Å². The summed E-state index contributed by atoms with van der Waals surface area (Å²) in [7, 11) is 1.76. The van der Waals surface area contributed by atoms with Gasteiger partial charge in [-0.15, -0.1) is 0 Å². The van der Waals surface area contributed by atoms with Crippen LogP contribution in [-0.2, 0) is 22.7 Å². The molecule has 1 aromatic heterocycles. The van der Waals surface area contributed by atoms with Crippen LogP contribution in [0.1, 0.15) is 12.0 Å². The number of nitrogens with zero attached hydrogens (tertiary/aromatic N) is 4. The second kappa shape index (κ2) is 7.68. The van der Waals surface area contributed by atoms with Gasteiger partial charge in [-0.25, -0.2) is 4.68 Å². The van der Waals surface area contributed by atoms with Crippen molar-refractivity contribution in [3.05, 3.63) is 72.3 Å². The molecule has 0 radical (unpaired) electrons. The third-order valence-electron chi connectivity index (χ3n) is 4.93. The molecular weight excluding hydrogens is 352 g/mol. The van der Waals surface area contributed by atoms with Gasteiger partial charge in [0, 0.05) is 31.6 Å². The predicted molar refractivity (Wildman–Crippen MR) is 108 cm³/mol. The molecule has 0 spiro atoms. The molecule has 6 heteroatoms. The molecule has 0 bridgehead atoms. The van der Waals surface area contributed by atoms with E-state index in [-0.39, 0.29) is 18.4 Å². The Balaban J connectivity index is 1.53. The highest BCUT2D eigenvalue weighted by molar-refractivity contribution is 5.99. The topological polar surface area (TPSA) is 58.4 Å². The third kappa shape index (κ3) is 3.67. The van der Waals surface area contributed by atoms with Gasteiger partial charge in [-0.2, -0.15) is 5.10 Å². The Bertz CT molecular complexity index is 982. The first kappa shape index (κ1) is 18.0. The van der Waals surface area contributed by atoms with Crippen LogP contribution in [0, 0.1) is 0 Å². The number of aromatic nitrogens is 2. The fourth-order valence-corrected chi connectivity index (χ4v) is 3.37. The number of fused-ring (bicyclic) bond motifs is 1. The molecule has 142 valence electrons. The molecule has 0 fully saturated rings. The number of amides is 2. The number of hydrogen-bond donors (Lipinski definition) is 0. The van der Waals surface area contributed by atoms with Crippen molar-refractivity contribution in [2.24, 2.45) is 0 Å². The van der Waals surface area contributed by atoms with Crippen molar-refractivity contribution < 1.29 is 9.59 Å². The van der Waals surface area contributed by atoms with E-state index in [0.29, 0.717) is 25.3 Å². The van der Waals surface area contributed by atoms with E-state index >= 15 is 0 Å². The summed E-state index contributed by atoms with van der Waals surface area (Å²) in [5.41, 5.74) is 2.85. The van der Waals surface area contributed by atoms with Gasteiger partial charge in [0.25, 0.3) is 0 Å². The summed E-state index contributed by atoms with van der Waals surface area (Å²) in [5, 5.41) is 4.62. The summed E-state index contributed by atoms with van der Waals surface area (Å²) < 4.78 is 1.81. The minimum absolute atomic E-state index is 0.0160. The minimum Gasteiger partial charge on any atom is -0.340 e. The largest absolute Gasteiger partial charge is 0.340 e. The summed E-state index contributed by atoms with van der Waals surface area (Å²) in [6.07, 6.45) is 0.346. The standard InChI is InChI=1S/C22H22N4O2/c1-24(15-17-8-4-2-5-9-17)22(28)16-25-20-14-19(18-10-6-3-7-11-18)23-26(20)13-12-21(25)27/h2-11,14H,12-13,15-16H2,1H3. The van der Waals surface area contributed by atoms with Gasteiger partial charge in [-0.1, -0.05) is 60.7 Å². The van der Waals surface area contributed by atoms with E-state index in [2.05, 4.69) is 5.10 Å². The van der Waals surface area contributed by atoms with Gasteiger partial charge in [0.2, 0.25) is 11.8 Å². The number of likely N-dealkylation sites (N-methyl/N-ethyl adjacent to an activating group) is 1. The Hall–Kier alpha value is -3.41. The van der Waals surface area contributed by atoms with Crippen LogP contribution < -0.4 is 4.90 Å². The number of rotatable bonds is 5. The zero-order chi connectivity index (χ0) is 19.5. The maximum Gasteiger partial charge on any atom is 0.242 e. The number of aryl methyl sites for hydroxylation is 1. The first-order valence-electron chi connectivity index (χ1n) is 9.33. The van der Waals surface area contributed by atoms with Crippen LogP contribution in [0.3, 0.4) is 0 Å². The molecule has 4 rings (SSSR count). The molecule has 0 saturated heterocycles. The monoisotopic (exact) mass is 374 g/mol. The first-order chi connectivity index (χ1) is 13.6. The van der Waals surface area contributed by atoms with E-state index in [1.54, 1.807) is 16.8 Å². The average molecular weight is 374 g/mol. The van der Waals surface area contributed by atoms with E-state index in [9.17, 15) is 9.59 Å². The molecular formula is C22H22N4O2. The maximum atomic E-state index is 12.8. The predicted octanol–water partition coefficient (Wildman–Crippen LogP) is 2.95. The van der Waals surface area contributed by atoms with Gasteiger partial charge in [-0.3, -0.25) is 14.5 Å². The lowest BCUT2D eigenvalue weighted by Crippen LogP contribution is -2.44. The molecule has 3 aromatic rings. The number of benzene rings is 2. The number of anilines is 1. The van der Waals surface area contributed by atoms with Crippen molar-refractivity contribution in [2.75, 3.05) is 18.5 Å². The smallest absolute Gasteiger partial charge is 0.242 e. The fraction of sp³-hybridized carbons (Fsp3) is 0.227. The Morgan fingerprint density at radius 1 is 1.07 bits per heavy atom. The van der Waals surface area contributed by atoms with Crippen LogP contribution in [-0.4, -0.2) is 40.1 Å². The van der Waals surface area contributed by atoms with Crippen molar-refractivity contribution in [2.45, 2.75) is 19.5 Å². The molecule has 0 unspecified atom stereocenters. The number of hydrogen-bond acceptors (Lipinski definition) is 3. The molecule has 2 heterocycles. The summed E-state index contributed by atoms with van der Waals surface area (Å²) in [6.45, 7) is 1.06. The van der Waals surface area contributed by atoms with Crippen molar-refractivity contribution in [3.63, 3.8) is 0 Å². The summed E-state index contributed by atoms with van der Waals surface area (Å²) in [4.78, 5) is 28.5. The van der Waals surface area contributed by atoms with Crippen LogP contribution >= 0.6 is 0 Å². The molecule has 6 nitrogen and oxygen atoms in total. The van der Waals surface area contributed by atoms with Gasteiger partial charge in [0.1, 0.15) is 12.4 Å². The SMILES string of the molecule is CN(Cc1ccccc1)C(=O)CN1C(=O)CCn2nc(-c3ccccc3)cc21. The van der Waals surface area contributed by atoms with Crippen molar-refractivity contribution in [3.8, 4) is 11.3 Å². The van der Waals surface area contributed by atoms with E-state index in [4.69, 9.17) is 0 Å². The molecule has 1 aliphatic rings. The number of carbonyl (C=O) groups is 2. The van der Waals surface area contributed by atoms with E-state index in [1.165, 1.54) is 0 Å². The van der Waals surface area contributed by atoms with Gasteiger partial charge >= 0.3 is 0 Å². The highest BCUT2D eigenvalue weighted by Gasteiger charge is 2.29. The van der Waals surface area contributed by atoms with Crippen molar-refractivity contribution in [1.29, 1.82) is 0 Å². The van der Waals surface area contributed by atoms with Crippen LogP contribution in [0.4, 0.5) is 5.82 Å². The van der Waals surface area contributed by atoms with Crippen LogP contribution in [0.2, 0.25) is 0 Å². The van der Waals surface area contributed by atoms with Gasteiger partial charge in [0.15, 0.2) is 0 Å². The quantitative estimate of drug-likeness (QED) is 0.690. The summed E-state index contributed by atoms with van der Waals surface area (Å²) in [6, 6.07) is 21.5. The molecule has 1 aliphatic heterocycles. The molecule has 0 saturated carbocycles. The second-order valence-corrected chi connectivity index (χ2v) is 6.94. The third-order valence-corrected chi connectivity index (χ3v) is 4.93. The first-order valence-corrected chi connectivity index (χ1v) is 9.33. The molecule has 2 amide bonds. The molecule has 0 N–H and O–H groups in total. The van der Waals surface area contributed by atoms with Gasteiger partial charge in [0.05, 0.1) is 12.2 Å². The fourth-order valence-electron chi connectivity index (χ4n) is 3.37. The Morgan fingerprint density at radius 2 is 1.75 bits per heavy atom. The molecule has 0 aliphatic carbocycles. The minimum atomic E-state index is -0.104. The molecule has 2 aromatic carbocycles. The van der Waals surface area contributed by atoms with Gasteiger partial charge in [-0.05, 0) is 5.56 Å². The van der Waals surface area contributed by atoms with Crippen LogP contribution in [0.15, 0.2) is 66.7 Å². The Morgan fingerprint density at radius 3 is 2.46 bits per heavy atom. The van der Waals surface area contributed by atoms with E-state index in [0.717, 1.165) is 16.8 Å². The lowest BCUT2D eigenvalue weighted by Gasteiger charge is -2.28. The van der Waals surface area contributed by atoms with Crippen LogP contribution in [0.25, 0.3) is 11.3 Å². The lowest BCUT2D eigenvalue weighted by atomic mass is 10.1. The molecule has 0 atom stereocenters. The van der Waals surface area contributed by atoms with Crippen molar-refractivity contribution in [1.82, 2.24) is 14.7 Å². The summed E-state index contributed by atoms with van der Waals surface area (Å²) in [5.74, 6) is 0.526. The van der Waals surface area contributed by atoms with E-state index < -0.39 is 0 Å². The second-order valence-electron chi connectivity index (χ2n) is 6.94. The van der Waals surface area contributed by atoms with Gasteiger partial charge < -0.3 is 4.90 Å². The maximum absolute atomic E-state index is 12.8. The van der Waals surface area contributed by atoms with Crippen molar-refractivity contribution >= 4 is 17.6 Å². The number of carbonyl (C=O) groups excluding carboxylic acids is 2. The highest BCUT2D eigenvalue weighted by Crippen LogP contribution is 2.28. The Labute approximate surface area is 164 Å². The highest BCUT2D eigenvalue weighted by atomic mass is 16.2. The zero-order valence-electron chi connectivity index (χ0n) is 15.8. The molecule has 28 heavy (non-hydrogen) atoms. The average Bonchev–Trinajstić information content (AvgIpc) is 3.16. The normalized spacial score (nSPS) is 13.3. The van der Waals surface area contributed by atoms with Crippen LogP contribution in [0.5, 0.6) is 0 Å². The lowest BCUT2D eigenvalue weighted by molar-refractivity contribution is -0.131. The summed E-state index contributed by atoms with van der Waals surface area (Å²) >= 11 is 0. The zero-order valence-corrected chi connectivity index (χ0v) is 15.8.